The lowest BCUT2D eigenvalue weighted by molar-refractivity contribution is -0.121. The largest absolute Gasteiger partial charge is 0.488 e. The van der Waals surface area contributed by atoms with E-state index in [-0.39, 0.29) is 23.5 Å². The molecule has 1 fully saturated rings. The minimum atomic E-state index is -4.09. The minimum Gasteiger partial charge on any atom is -0.488 e. The number of halogens is 1. The molecule has 3 heterocycles. The summed E-state index contributed by atoms with van der Waals surface area (Å²) in [5, 5.41) is 0.684. The number of carbonyl (C=O) groups is 1. The highest BCUT2D eigenvalue weighted by Gasteiger charge is 2.45. The Bertz CT molecular complexity index is 1410. The summed E-state index contributed by atoms with van der Waals surface area (Å²) in [6.07, 6.45) is 7.16. The van der Waals surface area contributed by atoms with Gasteiger partial charge in [-0.15, -0.1) is 0 Å². The number of anilines is 1. The van der Waals surface area contributed by atoms with Crippen molar-refractivity contribution in [2.24, 2.45) is 11.8 Å². The van der Waals surface area contributed by atoms with E-state index in [0.717, 1.165) is 30.4 Å². The van der Waals surface area contributed by atoms with Gasteiger partial charge in [0.25, 0.3) is 10.0 Å². The van der Waals surface area contributed by atoms with Crippen LogP contribution in [0.5, 0.6) is 5.75 Å². The molecular formula is C29H33ClN2O6S. The van der Waals surface area contributed by atoms with Gasteiger partial charge in [-0.1, -0.05) is 36.7 Å². The zero-order valence-electron chi connectivity index (χ0n) is 21.9. The number of hydrogen-bond donors (Lipinski definition) is 1. The maximum atomic E-state index is 13.3. The molecule has 4 aliphatic rings. The van der Waals surface area contributed by atoms with Crippen LogP contribution < -0.4 is 14.4 Å². The van der Waals surface area contributed by atoms with Crippen LogP contribution in [0.25, 0.3) is 0 Å². The second kappa shape index (κ2) is 10.4. The van der Waals surface area contributed by atoms with Gasteiger partial charge in [-0.25, -0.2) is 13.1 Å². The van der Waals surface area contributed by atoms with Gasteiger partial charge in [-0.2, -0.15) is 0 Å². The molecule has 2 aromatic rings. The lowest BCUT2D eigenvalue weighted by Crippen LogP contribution is -2.51. The number of nitrogens with one attached hydrogen (secondary N) is 1. The number of rotatable bonds is 0. The number of sulfonamides is 1. The van der Waals surface area contributed by atoms with Crippen LogP contribution in [0.4, 0.5) is 5.69 Å². The highest BCUT2D eigenvalue weighted by Crippen LogP contribution is 2.44. The minimum absolute atomic E-state index is 0.0144. The highest BCUT2D eigenvalue weighted by molar-refractivity contribution is 7.90. The molecule has 208 valence electrons. The number of hydrogen-bond acceptors (Lipinski definition) is 7. The first kappa shape index (κ1) is 26.6. The molecule has 0 radical (unpaired) electrons. The normalized spacial score (nSPS) is 31.1. The molecule has 0 aromatic heterocycles. The van der Waals surface area contributed by atoms with Gasteiger partial charge in [0.2, 0.25) is 5.91 Å². The number of amides is 1. The lowest BCUT2D eigenvalue weighted by atomic mass is 9.80. The van der Waals surface area contributed by atoms with E-state index in [4.69, 9.17) is 25.8 Å². The summed E-state index contributed by atoms with van der Waals surface area (Å²) in [4.78, 5) is 14.9. The quantitative estimate of drug-likeness (QED) is 0.473. The number of benzene rings is 2. The van der Waals surface area contributed by atoms with E-state index in [1.165, 1.54) is 6.07 Å². The molecule has 4 atom stereocenters. The van der Waals surface area contributed by atoms with Crippen LogP contribution >= 0.6 is 11.6 Å². The summed E-state index contributed by atoms with van der Waals surface area (Å²) < 4.78 is 47.9. The first-order valence-corrected chi connectivity index (χ1v) is 15.4. The van der Waals surface area contributed by atoms with Crippen LogP contribution in [-0.2, 0) is 36.3 Å². The summed E-state index contributed by atoms with van der Waals surface area (Å²) >= 11 is 6.32. The van der Waals surface area contributed by atoms with E-state index in [0.29, 0.717) is 49.2 Å². The van der Waals surface area contributed by atoms with Crippen LogP contribution in [0.3, 0.4) is 0 Å². The van der Waals surface area contributed by atoms with Gasteiger partial charge in [0.1, 0.15) is 18.0 Å². The van der Waals surface area contributed by atoms with Crippen molar-refractivity contribution in [3.63, 3.8) is 0 Å². The lowest BCUT2D eigenvalue weighted by Gasteiger charge is -2.44. The van der Waals surface area contributed by atoms with Crippen molar-refractivity contribution in [2.75, 3.05) is 37.8 Å². The van der Waals surface area contributed by atoms with Crippen molar-refractivity contribution in [3.05, 3.63) is 64.7 Å². The summed E-state index contributed by atoms with van der Waals surface area (Å²) in [6.45, 7) is 4.18. The third-order valence-electron chi connectivity index (χ3n) is 8.29. The Hall–Kier alpha value is -2.59. The number of ether oxygens (including phenoxy) is 3. The van der Waals surface area contributed by atoms with E-state index in [1.54, 1.807) is 25.1 Å². The number of carbonyl (C=O) groups excluding carboxylic acids is 1. The van der Waals surface area contributed by atoms with Gasteiger partial charge in [0.15, 0.2) is 0 Å². The summed E-state index contributed by atoms with van der Waals surface area (Å²) in [7, 11) is -4.09. The van der Waals surface area contributed by atoms with Crippen molar-refractivity contribution in [1.29, 1.82) is 0 Å². The fourth-order valence-corrected chi connectivity index (χ4v) is 7.21. The maximum absolute atomic E-state index is 13.3. The van der Waals surface area contributed by atoms with Gasteiger partial charge in [-0.3, -0.25) is 4.79 Å². The topological polar surface area (TPSA) is 94.2 Å². The van der Waals surface area contributed by atoms with Gasteiger partial charge in [0, 0.05) is 17.5 Å². The Morgan fingerprint density at radius 3 is 2.82 bits per heavy atom. The fourth-order valence-electron chi connectivity index (χ4n) is 5.94. The molecule has 1 saturated carbocycles. The molecule has 39 heavy (non-hydrogen) atoms. The predicted octanol–water partition coefficient (Wildman–Crippen LogP) is 4.20. The van der Waals surface area contributed by atoms with E-state index >= 15 is 0 Å². The summed E-state index contributed by atoms with van der Waals surface area (Å²) in [6, 6.07) is 10.7. The fraction of sp³-hybridized carbons (Fsp3) is 0.483. The van der Waals surface area contributed by atoms with Gasteiger partial charge >= 0.3 is 0 Å². The Kier molecular flexibility index (Phi) is 7.12. The van der Waals surface area contributed by atoms with Crippen LogP contribution in [0.2, 0.25) is 5.02 Å². The molecule has 10 heteroatoms. The van der Waals surface area contributed by atoms with E-state index < -0.39 is 27.4 Å². The van der Waals surface area contributed by atoms with Crippen LogP contribution in [0, 0.1) is 11.8 Å². The standard InChI is InChI=1S/C29H33ClN2O6S/c1-19-4-2-3-12-36-26-9-5-21(26)16-32-17-29(24-8-6-22(30)14-20(24)11-13-38-29)18-37-27-10-7-23(15-25(27)32)39(34,35)31-28(19)33/h2,4,6-8,10,14-15,19,21,26H,3,5,9,11-13,16-18H2,1H3,(H,31,33)/b4-2+/t19-,21+,26-,29-/m1/s1. The predicted molar refractivity (Wildman–Crippen MR) is 148 cm³/mol. The molecule has 8 nitrogen and oxygen atoms in total. The van der Waals surface area contributed by atoms with Crippen LogP contribution in [0.15, 0.2) is 53.4 Å². The number of fused-ring (bicyclic) bond motifs is 4. The third kappa shape index (κ3) is 5.17. The molecule has 1 N–H and O–H groups in total. The molecule has 1 aliphatic carbocycles. The average Bonchev–Trinajstić information content (AvgIpc) is 3.04. The first-order chi connectivity index (χ1) is 18.7. The zero-order chi connectivity index (χ0) is 27.2. The first-order valence-electron chi connectivity index (χ1n) is 13.5. The zero-order valence-corrected chi connectivity index (χ0v) is 23.5. The summed E-state index contributed by atoms with van der Waals surface area (Å²) in [5.41, 5.74) is 2.10. The van der Waals surface area contributed by atoms with Crippen molar-refractivity contribution < 1.29 is 27.4 Å². The smallest absolute Gasteiger partial charge is 0.264 e. The highest BCUT2D eigenvalue weighted by atomic mass is 35.5. The monoisotopic (exact) mass is 572 g/mol. The van der Waals surface area contributed by atoms with Crippen molar-refractivity contribution in [3.8, 4) is 5.75 Å². The van der Waals surface area contributed by atoms with Crippen LogP contribution in [0.1, 0.15) is 37.3 Å². The van der Waals surface area contributed by atoms with Crippen LogP contribution in [-0.4, -0.2) is 53.3 Å². The maximum Gasteiger partial charge on any atom is 0.264 e. The van der Waals surface area contributed by atoms with E-state index in [1.807, 2.05) is 24.3 Å². The van der Waals surface area contributed by atoms with Crippen molar-refractivity contribution >= 4 is 33.2 Å². The van der Waals surface area contributed by atoms with E-state index in [9.17, 15) is 13.2 Å². The molecule has 0 unspecified atom stereocenters. The third-order valence-corrected chi connectivity index (χ3v) is 9.87. The van der Waals surface area contributed by atoms with E-state index in [2.05, 4.69) is 9.62 Å². The Morgan fingerprint density at radius 1 is 1.13 bits per heavy atom. The molecule has 2 bridgehead atoms. The SMILES string of the molecule is C[C@@H]1/C=C/CCO[C@@H]2CC[C@H]2CN2C[C@]3(COc4ccc(cc42)S(=O)(=O)NC1=O)OCCc1cc(Cl)ccc13. The second-order valence-electron chi connectivity index (χ2n) is 10.9. The molecule has 2 aromatic carbocycles. The Labute approximate surface area is 234 Å². The molecule has 3 aliphatic heterocycles. The van der Waals surface area contributed by atoms with Crippen molar-refractivity contribution in [2.45, 2.75) is 49.2 Å². The average molecular weight is 573 g/mol. The number of nitrogens with zero attached hydrogens (tertiary/aromatic N) is 1. The molecule has 6 rings (SSSR count). The molecular weight excluding hydrogens is 540 g/mol. The Balaban J connectivity index is 1.42. The van der Waals surface area contributed by atoms with Gasteiger partial charge < -0.3 is 19.1 Å². The molecule has 1 spiro atoms. The molecule has 1 amide bonds. The summed E-state index contributed by atoms with van der Waals surface area (Å²) in [5.74, 6) is -0.305. The molecule has 0 saturated heterocycles. The Morgan fingerprint density at radius 2 is 2.00 bits per heavy atom. The van der Waals surface area contributed by atoms with Gasteiger partial charge in [-0.05, 0) is 67.1 Å². The second-order valence-corrected chi connectivity index (χ2v) is 13.0. The van der Waals surface area contributed by atoms with Crippen molar-refractivity contribution in [1.82, 2.24) is 4.72 Å². The van der Waals surface area contributed by atoms with Gasteiger partial charge in [0.05, 0.1) is 42.4 Å².